The van der Waals surface area contributed by atoms with Gasteiger partial charge >= 0.3 is 0 Å². The lowest BCUT2D eigenvalue weighted by atomic mass is 9.71. The van der Waals surface area contributed by atoms with Gasteiger partial charge in [0.25, 0.3) is 0 Å². The van der Waals surface area contributed by atoms with Gasteiger partial charge in [0.05, 0.1) is 11.7 Å². The molecule has 0 unspecified atom stereocenters. The molecular weight excluding hydrogens is 276 g/mol. The van der Waals surface area contributed by atoms with Crippen LogP contribution in [-0.2, 0) is 23.7 Å². The molecule has 1 aliphatic rings. The van der Waals surface area contributed by atoms with E-state index >= 15 is 0 Å². The number of fused-ring (bicyclic) bond motifs is 2. The Kier molecular flexibility index (Phi) is 3.40. The first-order chi connectivity index (χ1) is 9.71. The molecule has 1 aromatic heterocycles. The van der Waals surface area contributed by atoms with Gasteiger partial charge in [-0.3, -0.25) is 0 Å². The van der Waals surface area contributed by atoms with Crippen LogP contribution >= 0.6 is 11.7 Å². The summed E-state index contributed by atoms with van der Waals surface area (Å²) in [5.41, 5.74) is 8.66. The Labute approximate surface area is 132 Å². The molecule has 0 bridgehead atoms. The Bertz CT molecular complexity index is 626. The minimum atomic E-state index is 0.131. The maximum atomic E-state index is 4.70. The van der Waals surface area contributed by atoms with Gasteiger partial charge in [-0.25, -0.2) is 0 Å². The van der Waals surface area contributed by atoms with Crippen molar-refractivity contribution in [1.29, 1.82) is 0 Å². The molecular formula is C18H26N2S. The van der Waals surface area contributed by atoms with E-state index in [0.29, 0.717) is 0 Å². The van der Waals surface area contributed by atoms with Crippen molar-refractivity contribution < 1.29 is 0 Å². The van der Waals surface area contributed by atoms with Crippen molar-refractivity contribution in [2.45, 2.75) is 78.1 Å². The van der Waals surface area contributed by atoms with E-state index in [0.717, 1.165) is 11.0 Å². The van der Waals surface area contributed by atoms with Gasteiger partial charge in [0.2, 0.25) is 0 Å². The maximum absolute atomic E-state index is 4.70. The summed E-state index contributed by atoms with van der Waals surface area (Å²) in [6.07, 6.45) is 5.03. The average Bonchev–Trinajstić information content (AvgIpc) is 2.80. The largest absolute Gasteiger partial charge is 0.173 e. The van der Waals surface area contributed by atoms with Gasteiger partial charge in [0.1, 0.15) is 11.0 Å². The van der Waals surface area contributed by atoms with Crippen LogP contribution in [0, 0.1) is 0 Å². The van der Waals surface area contributed by atoms with Gasteiger partial charge < -0.3 is 0 Å². The molecule has 1 aliphatic carbocycles. The number of rotatable bonds is 0. The predicted molar refractivity (Wildman–Crippen MR) is 91.5 cm³/mol. The monoisotopic (exact) mass is 302 g/mol. The normalized spacial score (nSPS) is 16.3. The van der Waals surface area contributed by atoms with Crippen LogP contribution in [0.4, 0.5) is 0 Å². The highest BCUT2D eigenvalue weighted by molar-refractivity contribution is 7.00. The third kappa shape index (κ3) is 2.40. The number of benzene rings is 1. The summed E-state index contributed by atoms with van der Waals surface area (Å²) in [6.45, 7) is 13.9. The second-order valence-electron chi connectivity index (χ2n) is 8.38. The summed E-state index contributed by atoms with van der Waals surface area (Å²) in [6, 6.07) is 0. The molecule has 3 heteroatoms. The highest BCUT2D eigenvalue weighted by atomic mass is 32.1. The lowest BCUT2D eigenvalue weighted by molar-refractivity contribution is 0.552. The van der Waals surface area contributed by atoms with Gasteiger partial charge in [-0.05, 0) is 58.8 Å². The van der Waals surface area contributed by atoms with E-state index in [1.54, 1.807) is 11.1 Å². The maximum Gasteiger partial charge on any atom is 0.109 e. The van der Waals surface area contributed by atoms with Crippen LogP contribution in [0.5, 0.6) is 0 Å². The van der Waals surface area contributed by atoms with Crippen molar-refractivity contribution in [3.8, 4) is 0 Å². The third-order valence-electron chi connectivity index (χ3n) is 4.53. The number of hydrogen-bond donors (Lipinski definition) is 0. The quantitative estimate of drug-likeness (QED) is 0.671. The average molecular weight is 302 g/mol. The first kappa shape index (κ1) is 15.0. The molecule has 2 aromatic rings. The first-order valence-corrected chi connectivity index (χ1v) is 8.75. The first-order valence-electron chi connectivity index (χ1n) is 8.02. The number of aromatic nitrogens is 2. The van der Waals surface area contributed by atoms with Crippen LogP contribution < -0.4 is 0 Å². The molecule has 0 spiro atoms. The molecule has 3 rings (SSSR count). The fourth-order valence-electron chi connectivity index (χ4n) is 3.88. The molecule has 0 atom stereocenters. The van der Waals surface area contributed by atoms with Gasteiger partial charge in [0.15, 0.2) is 0 Å². The number of hydrogen-bond acceptors (Lipinski definition) is 3. The summed E-state index contributed by atoms with van der Waals surface area (Å²) in [5, 5.41) is 0. The van der Waals surface area contributed by atoms with Crippen LogP contribution in [-0.4, -0.2) is 8.75 Å². The summed E-state index contributed by atoms with van der Waals surface area (Å²) in [7, 11) is 0. The van der Waals surface area contributed by atoms with Crippen molar-refractivity contribution in [3.63, 3.8) is 0 Å². The Morgan fingerprint density at radius 2 is 1.10 bits per heavy atom. The summed E-state index contributed by atoms with van der Waals surface area (Å²) < 4.78 is 9.40. The molecule has 0 fully saturated rings. The van der Waals surface area contributed by atoms with Crippen LogP contribution in [0.3, 0.4) is 0 Å². The van der Waals surface area contributed by atoms with E-state index in [1.165, 1.54) is 48.5 Å². The highest BCUT2D eigenvalue weighted by Crippen LogP contribution is 2.43. The molecule has 2 nitrogen and oxygen atoms in total. The molecule has 21 heavy (non-hydrogen) atoms. The van der Waals surface area contributed by atoms with E-state index in [1.807, 2.05) is 0 Å². The summed E-state index contributed by atoms with van der Waals surface area (Å²) in [5.74, 6) is 0. The van der Waals surface area contributed by atoms with Gasteiger partial charge in [-0.15, -0.1) is 0 Å². The highest BCUT2D eigenvalue weighted by Gasteiger charge is 2.33. The van der Waals surface area contributed by atoms with Crippen LogP contribution in [0.2, 0.25) is 0 Å². The van der Waals surface area contributed by atoms with E-state index in [9.17, 15) is 0 Å². The fourth-order valence-corrected chi connectivity index (χ4v) is 4.43. The molecule has 0 saturated carbocycles. The Hall–Kier alpha value is -0.960. The topological polar surface area (TPSA) is 25.8 Å². The van der Waals surface area contributed by atoms with Crippen molar-refractivity contribution in [1.82, 2.24) is 8.75 Å². The fraction of sp³-hybridized carbons (Fsp3) is 0.667. The SMILES string of the molecule is CC(C)(C)c1c2c(c(C(C)(C)C)c3nsnc13)CCCC2. The van der Waals surface area contributed by atoms with Gasteiger partial charge in [-0.1, -0.05) is 41.5 Å². The van der Waals surface area contributed by atoms with Gasteiger partial charge in [0, 0.05) is 0 Å². The van der Waals surface area contributed by atoms with E-state index < -0.39 is 0 Å². The molecule has 0 radical (unpaired) electrons. The molecule has 0 N–H and O–H groups in total. The van der Waals surface area contributed by atoms with Gasteiger partial charge in [-0.2, -0.15) is 8.75 Å². The summed E-state index contributed by atoms with van der Waals surface area (Å²) in [4.78, 5) is 0. The minimum absolute atomic E-state index is 0.131. The molecule has 0 aliphatic heterocycles. The summed E-state index contributed by atoms with van der Waals surface area (Å²) >= 11 is 1.37. The zero-order valence-electron chi connectivity index (χ0n) is 14.1. The Morgan fingerprint density at radius 1 is 0.714 bits per heavy atom. The minimum Gasteiger partial charge on any atom is -0.173 e. The smallest absolute Gasteiger partial charge is 0.109 e. The molecule has 1 aromatic carbocycles. The Balaban J connectivity index is 2.48. The second kappa shape index (κ2) is 4.77. The molecule has 0 saturated heterocycles. The Morgan fingerprint density at radius 3 is 1.43 bits per heavy atom. The second-order valence-corrected chi connectivity index (χ2v) is 8.90. The van der Waals surface area contributed by atoms with E-state index in [2.05, 4.69) is 41.5 Å². The van der Waals surface area contributed by atoms with Crippen LogP contribution in [0.15, 0.2) is 0 Å². The van der Waals surface area contributed by atoms with Crippen molar-refractivity contribution in [2.75, 3.05) is 0 Å². The predicted octanol–water partition coefficient (Wildman–Crippen LogP) is 5.17. The number of nitrogens with zero attached hydrogens (tertiary/aromatic N) is 2. The standard InChI is InChI=1S/C18H26N2S/c1-17(2,3)13-11-9-7-8-10-12(11)14(18(4,5)6)16-15(13)19-21-20-16/h7-10H2,1-6H3. The van der Waals surface area contributed by atoms with Crippen LogP contribution in [0.1, 0.15) is 76.6 Å². The van der Waals surface area contributed by atoms with Crippen molar-refractivity contribution in [2.24, 2.45) is 0 Å². The van der Waals surface area contributed by atoms with E-state index in [-0.39, 0.29) is 10.8 Å². The zero-order valence-corrected chi connectivity index (χ0v) is 14.9. The molecule has 1 heterocycles. The molecule has 114 valence electrons. The third-order valence-corrected chi connectivity index (χ3v) is 5.06. The lowest BCUT2D eigenvalue weighted by Crippen LogP contribution is -2.24. The zero-order chi connectivity index (χ0) is 15.4. The van der Waals surface area contributed by atoms with Crippen molar-refractivity contribution >= 4 is 22.8 Å². The van der Waals surface area contributed by atoms with Crippen LogP contribution in [0.25, 0.3) is 11.0 Å². The van der Waals surface area contributed by atoms with E-state index in [4.69, 9.17) is 8.75 Å². The lowest BCUT2D eigenvalue weighted by Gasteiger charge is -2.33. The van der Waals surface area contributed by atoms with Crippen molar-refractivity contribution in [3.05, 3.63) is 22.3 Å². The molecule has 0 amide bonds.